The van der Waals surface area contributed by atoms with Crippen molar-refractivity contribution in [3.05, 3.63) is 28.9 Å². The monoisotopic (exact) mass is 300 g/mol. The molecule has 4 rings (SSSR count). The van der Waals surface area contributed by atoms with Crippen LogP contribution in [0.2, 0.25) is 0 Å². The third-order valence-electron chi connectivity index (χ3n) is 3.85. The molecular formula is C15H16N4OS. The van der Waals surface area contributed by atoms with E-state index in [1.54, 1.807) is 22.2 Å². The molecule has 0 fully saturated rings. The van der Waals surface area contributed by atoms with Gasteiger partial charge in [0, 0.05) is 18.1 Å². The van der Waals surface area contributed by atoms with E-state index >= 15 is 0 Å². The van der Waals surface area contributed by atoms with E-state index in [-0.39, 0.29) is 0 Å². The van der Waals surface area contributed by atoms with E-state index in [9.17, 15) is 0 Å². The molecule has 0 radical (unpaired) electrons. The molecule has 3 aromatic rings. The first-order chi connectivity index (χ1) is 10.3. The zero-order valence-corrected chi connectivity index (χ0v) is 12.7. The Hall–Kier alpha value is -1.95. The maximum Gasteiger partial charge on any atom is 0.268 e. The van der Waals surface area contributed by atoms with Crippen molar-refractivity contribution in [1.29, 1.82) is 0 Å². The summed E-state index contributed by atoms with van der Waals surface area (Å²) in [6.45, 7) is 0. The Bertz CT molecular complexity index is 747. The zero-order chi connectivity index (χ0) is 14.2. The van der Waals surface area contributed by atoms with Gasteiger partial charge in [-0.2, -0.15) is 10.1 Å². The smallest absolute Gasteiger partial charge is 0.268 e. The molecule has 6 heteroatoms. The highest BCUT2D eigenvalue weighted by molar-refractivity contribution is 7.15. The van der Waals surface area contributed by atoms with Gasteiger partial charge in [0.05, 0.1) is 16.6 Å². The Balaban J connectivity index is 1.66. The molecular weight excluding hydrogens is 284 g/mol. The first-order valence-corrected chi connectivity index (χ1v) is 8.06. The molecule has 0 aliphatic heterocycles. The molecule has 3 heterocycles. The fraction of sp³-hybridized carbons (Fsp3) is 0.400. The number of rotatable bonds is 2. The lowest BCUT2D eigenvalue weighted by Gasteiger charge is -1.92. The van der Waals surface area contributed by atoms with Crippen LogP contribution >= 0.6 is 11.3 Å². The summed E-state index contributed by atoms with van der Waals surface area (Å²) < 4.78 is 7.17. The summed E-state index contributed by atoms with van der Waals surface area (Å²) in [6, 6.07) is 2.23. The van der Waals surface area contributed by atoms with Gasteiger partial charge in [-0.1, -0.05) is 11.6 Å². The van der Waals surface area contributed by atoms with Crippen molar-refractivity contribution in [1.82, 2.24) is 19.9 Å². The van der Waals surface area contributed by atoms with Gasteiger partial charge in [0.15, 0.2) is 0 Å². The molecule has 0 amide bonds. The van der Waals surface area contributed by atoms with Crippen LogP contribution < -0.4 is 0 Å². The van der Waals surface area contributed by atoms with Crippen molar-refractivity contribution in [2.45, 2.75) is 32.1 Å². The first kappa shape index (κ1) is 12.8. The lowest BCUT2D eigenvalue weighted by molar-refractivity contribution is 0.433. The number of fused-ring (bicyclic) bond motifs is 1. The van der Waals surface area contributed by atoms with Crippen LogP contribution in [0.3, 0.4) is 0 Å². The highest BCUT2D eigenvalue weighted by Crippen LogP contribution is 2.35. The molecule has 0 saturated heterocycles. The van der Waals surface area contributed by atoms with Crippen molar-refractivity contribution >= 4 is 11.3 Å². The highest BCUT2D eigenvalue weighted by Gasteiger charge is 2.18. The van der Waals surface area contributed by atoms with E-state index in [4.69, 9.17) is 4.52 Å². The maximum absolute atomic E-state index is 5.44. The Morgan fingerprint density at radius 1 is 1.24 bits per heavy atom. The van der Waals surface area contributed by atoms with Gasteiger partial charge in [0.25, 0.3) is 5.89 Å². The molecule has 0 atom stereocenters. The minimum Gasteiger partial charge on any atom is -0.333 e. The van der Waals surface area contributed by atoms with Crippen LogP contribution in [0, 0.1) is 0 Å². The summed E-state index contributed by atoms with van der Waals surface area (Å²) in [7, 11) is 1.88. The summed E-state index contributed by atoms with van der Waals surface area (Å²) in [5.74, 6) is 1.22. The van der Waals surface area contributed by atoms with E-state index in [1.807, 2.05) is 13.2 Å². The largest absolute Gasteiger partial charge is 0.333 e. The molecule has 21 heavy (non-hydrogen) atoms. The van der Waals surface area contributed by atoms with Crippen molar-refractivity contribution < 1.29 is 4.52 Å². The minimum absolute atomic E-state index is 0.599. The number of aryl methyl sites for hydroxylation is 3. The van der Waals surface area contributed by atoms with Crippen LogP contribution in [0.4, 0.5) is 0 Å². The Morgan fingerprint density at radius 2 is 2.14 bits per heavy atom. The van der Waals surface area contributed by atoms with E-state index in [0.29, 0.717) is 11.7 Å². The first-order valence-electron chi connectivity index (χ1n) is 7.24. The molecule has 0 bridgehead atoms. The average molecular weight is 300 g/mol. The number of thiophene rings is 1. The van der Waals surface area contributed by atoms with Gasteiger partial charge in [-0.25, -0.2) is 0 Å². The van der Waals surface area contributed by atoms with Gasteiger partial charge in [-0.15, -0.1) is 11.3 Å². The highest BCUT2D eigenvalue weighted by atomic mass is 32.1. The number of aromatic nitrogens is 4. The van der Waals surface area contributed by atoms with Crippen LogP contribution in [0.1, 0.15) is 29.7 Å². The summed E-state index contributed by atoms with van der Waals surface area (Å²) >= 11 is 1.80. The van der Waals surface area contributed by atoms with E-state index in [2.05, 4.69) is 21.3 Å². The second-order valence-corrected chi connectivity index (χ2v) is 6.58. The van der Waals surface area contributed by atoms with Gasteiger partial charge in [-0.3, -0.25) is 4.68 Å². The summed E-state index contributed by atoms with van der Waals surface area (Å²) in [5.41, 5.74) is 2.35. The normalized spacial score (nSPS) is 14.9. The topological polar surface area (TPSA) is 56.7 Å². The van der Waals surface area contributed by atoms with Crippen LogP contribution in [0.15, 0.2) is 23.0 Å². The van der Waals surface area contributed by atoms with Crippen molar-refractivity contribution in [2.24, 2.45) is 7.05 Å². The summed E-state index contributed by atoms with van der Waals surface area (Å²) in [5, 5.41) is 8.20. The van der Waals surface area contributed by atoms with Crippen LogP contribution in [0.5, 0.6) is 0 Å². The SMILES string of the molecule is Cn1cc(-c2noc(-c3cc4c(s3)CCCCC4)n2)cn1. The second kappa shape index (κ2) is 5.11. The molecule has 0 N–H and O–H groups in total. The standard InChI is InChI=1S/C15H16N4OS/c1-19-9-11(8-16-19)14-17-15(20-18-14)13-7-10-5-3-2-4-6-12(10)21-13/h7-9H,2-6H2,1H3. The van der Waals surface area contributed by atoms with Crippen molar-refractivity contribution in [2.75, 3.05) is 0 Å². The molecule has 0 saturated carbocycles. The number of hydrogen-bond acceptors (Lipinski definition) is 5. The Labute approximate surface area is 126 Å². The maximum atomic E-state index is 5.44. The Kier molecular flexibility index (Phi) is 3.11. The molecule has 5 nitrogen and oxygen atoms in total. The van der Waals surface area contributed by atoms with Gasteiger partial charge in [0.1, 0.15) is 0 Å². The molecule has 1 aliphatic rings. The van der Waals surface area contributed by atoms with Gasteiger partial charge < -0.3 is 4.52 Å². The van der Waals surface area contributed by atoms with E-state index in [0.717, 1.165) is 10.4 Å². The second-order valence-electron chi connectivity index (χ2n) is 5.45. The van der Waals surface area contributed by atoms with Gasteiger partial charge in [-0.05, 0) is 37.3 Å². The molecule has 1 aliphatic carbocycles. The predicted molar refractivity (Wildman–Crippen MR) is 81.1 cm³/mol. The average Bonchev–Trinajstić information content (AvgIpc) is 3.16. The third kappa shape index (κ3) is 2.40. The molecule has 0 unspecified atom stereocenters. The van der Waals surface area contributed by atoms with Gasteiger partial charge in [0.2, 0.25) is 5.82 Å². The minimum atomic E-state index is 0.599. The lowest BCUT2D eigenvalue weighted by atomic mass is 10.1. The summed E-state index contributed by atoms with van der Waals surface area (Å²) in [6.07, 6.45) is 9.91. The Morgan fingerprint density at radius 3 is 3.00 bits per heavy atom. The molecule has 108 valence electrons. The van der Waals surface area contributed by atoms with Crippen molar-refractivity contribution in [3.8, 4) is 22.2 Å². The predicted octanol–water partition coefficient (Wildman–Crippen LogP) is 3.47. The zero-order valence-electron chi connectivity index (χ0n) is 11.9. The van der Waals surface area contributed by atoms with Crippen LogP contribution in [-0.4, -0.2) is 19.9 Å². The number of hydrogen-bond donors (Lipinski definition) is 0. The van der Waals surface area contributed by atoms with Crippen LogP contribution in [0.25, 0.3) is 22.2 Å². The molecule has 3 aromatic heterocycles. The quantitative estimate of drug-likeness (QED) is 0.680. The van der Waals surface area contributed by atoms with E-state index in [1.165, 1.54) is 42.5 Å². The van der Waals surface area contributed by atoms with Crippen molar-refractivity contribution in [3.63, 3.8) is 0 Å². The lowest BCUT2D eigenvalue weighted by Crippen LogP contribution is -1.84. The fourth-order valence-electron chi connectivity index (χ4n) is 2.75. The van der Waals surface area contributed by atoms with E-state index < -0.39 is 0 Å². The fourth-order valence-corrected chi connectivity index (χ4v) is 3.93. The number of nitrogens with zero attached hydrogens (tertiary/aromatic N) is 4. The summed E-state index contributed by atoms with van der Waals surface area (Å²) in [4.78, 5) is 7.09. The molecule has 0 aromatic carbocycles. The molecule has 0 spiro atoms. The third-order valence-corrected chi connectivity index (χ3v) is 5.07. The van der Waals surface area contributed by atoms with Gasteiger partial charge >= 0.3 is 0 Å². The van der Waals surface area contributed by atoms with Crippen LogP contribution in [-0.2, 0) is 19.9 Å².